The first kappa shape index (κ1) is 23.7. The summed E-state index contributed by atoms with van der Waals surface area (Å²) in [5.41, 5.74) is -0.978. The standard InChI is InChI=1S/C20H26F3N9O2/c1-30-9-4-14(5-10-30)32-26-13-16(29-32)27-18-25-12-15(20(21,22)23)17(28-18)24-6-2-7-31-8-3-11-34-19(31)33/h3,11-14H,2,4-10H2,1H3,(H2,24,25,27,28,29). The zero-order chi connectivity index (χ0) is 24.1. The molecule has 34 heavy (non-hydrogen) atoms. The smallest absolute Gasteiger partial charge is 0.418 e. The number of ether oxygens (including phenoxy) is 1. The number of amides is 1. The zero-order valence-electron chi connectivity index (χ0n) is 18.6. The van der Waals surface area contributed by atoms with Crippen molar-refractivity contribution in [2.75, 3.05) is 50.4 Å². The molecule has 2 N–H and O–H groups in total. The number of likely N-dealkylation sites (tertiary alicyclic amines) is 1. The molecule has 2 aliphatic heterocycles. The Labute approximate surface area is 194 Å². The first-order valence-corrected chi connectivity index (χ1v) is 11.0. The largest absolute Gasteiger partial charge is 0.421 e. The van der Waals surface area contributed by atoms with Crippen LogP contribution in [0.1, 0.15) is 30.9 Å². The molecule has 0 spiro atoms. The molecular formula is C20H26F3N9O2. The molecule has 4 heterocycles. The monoisotopic (exact) mass is 481 g/mol. The Hall–Kier alpha value is -3.42. The summed E-state index contributed by atoms with van der Waals surface area (Å²) in [7, 11) is 2.06. The van der Waals surface area contributed by atoms with Gasteiger partial charge >= 0.3 is 12.3 Å². The minimum Gasteiger partial charge on any atom is -0.418 e. The van der Waals surface area contributed by atoms with Crippen molar-refractivity contribution in [1.29, 1.82) is 0 Å². The number of aromatic nitrogens is 5. The van der Waals surface area contributed by atoms with Crippen LogP contribution in [0, 0.1) is 0 Å². The number of alkyl halides is 3. The summed E-state index contributed by atoms with van der Waals surface area (Å²) in [6.45, 7) is 2.78. The molecule has 2 aliphatic rings. The van der Waals surface area contributed by atoms with Crippen LogP contribution in [0.5, 0.6) is 0 Å². The first-order valence-electron chi connectivity index (χ1n) is 11.0. The number of nitrogens with zero attached hydrogens (tertiary/aromatic N) is 7. The lowest BCUT2D eigenvalue weighted by Crippen LogP contribution is -2.34. The maximum Gasteiger partial charge on any atom is 0.421 e. The molecule has 2 aromatic heterocycles. The maximum absolute atomic E-state index is 13.4. The fraction of sp³-hybridized carbons (Fsp3) is 0.550. The van der Waals surface area contributed by atoms with Crippen molar-refractivity contribution in [1.82, 2.24) is 34.8 Å². The van der Waals surface area contributed by atoms with Crippen LogP contribution in [0.2, 0.25) is 0 Å². The third kappa shape index (κ3) is 5.92. The Balaban J connectivity index is 1.39. The molecule has 0 radical (unpaired) electrons. The van der Waals surface area contributed by atoms with Gasteiger partial charge in [0.2, 0.25) is 5.95 Å². The summed E-state index contributed by atoms with van der Waals surface area (Å²) in [5.74, 6) is -0.0363. The number of nitrogens with one attached hydrogen (secondary N) is 2. The average molecular weight is 481 g/mol. The Bertz CT molecular complexity index is 1020. The summed E-state index contributed by atoms with van der Waals surface area (Å²) in [6, 6.07) is 0.171. The second-order valence-corrected chi connectivity index (χ2v) is 8.15. The van der Waals surface area contributed by atoms with Crippen LogP contribution in [0.4, 0.5) is 35.5 Å². The fourth-order valence-corrected chi connectivity index (χ4v) is 3.72. The van der Waals surface area contributed by atoms with Crippen molar-refractivity contribution in [2.45, 2.75) is 31.5 Å². The molecule has 4 rings (SSSR count). The number of carbonyl (C=O) groups is 1. The number of cyclic esters (lactones) is 1. The lowest BCUT2D eigenvalue weighted by Gasteiger charge is -2.27. The average Bonchev–Trinajstić information content (AvgIpc) is 3.26. The topological polar surface area (TPSA) is 113 Å². The van der Waals surface area contributed by atoms with Crippen molar-refractivity contribution >= 4 is 23.7 Å². The van der Waals surface area contributed by atoms with Gasteiger partial charge in [-0.2, -0.15) is 28.1 Å². The van der Waals surface area contributed by atoms with E-state index in [0.29, 0.717) is 25.3 Å². The SMILES string of the molecule is CN1CCC(n2ncc(Nc3ncc(C(F)(F)F)c(NCCCN4CC=COC4=O)n3)n2)CC1. The zero-order valence-corrected chi connectivity index (χ0v) is 18.6. The summed E-state index contributed by atoms with van der Waals surface area (Å²) < 4.78 is 45.1. The van der Waals surface area contributed by atoms with Crippen molar-refractivity contribution < 1.29 is 22.7 Å². The Morgan fingerprint density at radius 3 is 2.76 bits per heavy atom. The third-order valence-electron chi connectivity index (χ3n) is 5.60. The van der Waals surface area contributed by atoms with Gasteiger partial charge in [0.25, 0.3) is 0 Å². The summed E-state index contributed by atoms with van der Waals surface area (Å²) in [5, 5.41) is 14.2. The second-order valence-electron chi connectivity index (χ2n) is 8.15. The molecular weight excluding hydrogens is 455 g/mol. The molecule has 2 aromatic rings. The minimum absolute atomic E-state index is 0.0318. The summed E-state index contributed by atoms with van der Waals surface area (Å²) in [4.78, 5) is 24.7. The number of halogens is 3. The summed E-state index contributed by atoms with van der Waals surface area (Å²) in [6.07, 6.45) is 2.35. The normalized spacial score (nSPS) is 17.6. The number of hydrogen-bond acceptors (Lipinski definition) is 9. The number of anilines is 3. The van der Waals surface area contributed by atoms with Crippen molar-refractivity contribution in [3.63, 3.8) is 0 Å². The molecule has 1 saturated heterocycles. The number of carbonyl (C=O) groups excluding carboxylic acids is 1. The van der Waals surface area contributed by atoms with Gasteiger partial charge in [-0.05, 0) is 45.5 Å². The van der Waals surface area contributed by atoms with Gasteiger partial charge in [-0.15, -0.1) is 5.10 Å². The molecule has 14 heteroatoms. The van der Waals surface area contributed by atoms with Crippen LogP contribution in [0.25, 0.3) is 0 Å². The molecule has 1 fully saturated rings. The van der Waals surface area contributed by atoms with Gasteiger partial charge in [-0.1, -0.05) is 0 Å². The third-order valence-corrected chi connectivity index (χ3v) is 5.60. The van der Waals surface area contributed by atoms with Gasteiger partial charge in [0.05, 0.1) is 18.5 Å². The van der Waals surface area contributed by atoms with E-state index in [0.717, 1.165) is 32.1 Å². The highest BCUT2D eigenvalue weighted by Crippen LogP contribution is 2.34. The van der Waals surface area contributed by atoms with E-state index in [9.17, 15) is 18.0 Å². The fourth-order valence-electron chi connectivity index (χ4n) is 3.72. The van der Waals surface area contributed by atoms with Gasteiger partial charge in [-0.3, -0.25) is 0 Å². The lowest BCUT2D eigenvalue weighted by atomic mass is 10.1. The molecule has 0 atom stereocenters. The van der Waals surface area contributed by atoms with Crippen LogP contribution in [0.3, 0.4) is 0 Å². The van der Waals surface area contributed by atoms with E-state index in [4.69, 9.17) is 4.74 Å². The Morgan fingerprint density at radius 1 is 1.24 bits per heavy atom. The van der Waals surface area contributed by atoms with Crippen molar-refractivity contribution in [3.8, 4) is 0 Å². The van der Waals surface area contributed by atoms with Crippen molar-refractivity contribution in [2.24, 2.45) is 0 Å². The summed E-state index contributed by atoms with van der Waals surface area (Å²) >= 11 is 0. The van der Waals surface area contributed by atoms with Gasteiger partial charge in [-0.25, -0.2) is 9.78 Å². The van der Waals surface area contributed by atoms with E-state index in [1.807, 2.05) is 0 Å². The van der Waals surface area contributed by atoms with Crippen LogP contribution >= 0.6 is 0 Å². The Morgan fingerprint density at radius 2 is 2.03 bits per heavy atom. The molecule has 1 amide bonds. The quantitative estimate of drug-likeness (QED) is 0.550. The van der Waals surface area contributed by atoms with Crippen LogP contribution < -0.4 is 10.6 Å². The Kier molecular flexibility index (Phi) is 7.14. The molecule has 0 saturated carbocycles. The molecule has 0 aliphatic carbocycles. The minimum atomic E-state index is -4.63. The van der Waals surface area contributed by atoms with Crippen molar-refractivity contribution in [3.05, 3.63) is 30.3 Å². The van der Waals surface area contributed by atoms with Gasteiger partial charge in [0.1, 0.15) is 11.4 Å². The maximum atomic E-state index is 13.4. The van der Waals surface area contributed by atoms with Gasteiger partial charge in [0, 0.05) is 25.8 Å². The predicted molar refractivity (Wildman–Crippen MR) is 116 cm³/mol. The van der Waals surface area contributed by atoms with Crippen LogP contribution in [-0.4, -0.2) is 80.6 Å². The van der Waals surface area contributed by atoms with Crippen LogP contribution in [0.15, 0.2) is 24.7 Å². The van der Waals surface area contributed by atoms with Crippen LogP contribution in [-0.2, 0) is 10.9 Å². The van der Waals surface area contributed by atoms with E-state index in [-0.39, 0.29) is 24.4 Å². The van der Waals surface area contributed by atoms with E-state index in [1.54, 1.807) is 10.9 Å². The molecule has 0 bridgehead atoms. The van der Waals surface area contributed by atoms with Gasteiger partial charge < -0.3 is 25.2 Å². The lowest BCUT2D eigenvalue weighted by molar-refractivity contribution is -0.137. The number of rotatable bonds is 8. The highest BCUT2D eigenvalue weighted by molar-refractivity contribution is 5.69. The first-order chi connectivity index (χ1) is 16.3. The predicted octanol–water partition coefficient (Wildman–Crippen LogP) is 2.87. The molecule has 184 valence electrons. The highest BCUT2D eigenvalue weighted by atomic mass is 19.4. The van der Waals surface area contributed by atoms with E-state index in [2.05, 4.69) is 42.7 Å². The molecule has 0 unspecified atom stereocenters. The van der Waals surface area contributed by atoms with E-state index >= 15 is 0 Å². The highest BCUT2D eigenvalue weighted by Gasteiger charge is 2.35. The second kappa shape index (κ2) is 10.2. The number of piperidine rings is 1. The van der Waals surface area contributed by atoms with E-state index in [1.165, 1.54) is 17.4 Å². The van der Waals surface area contributed by atoms with E-state index < -0.39 is 17.8 Å². The molecule has 0 aromatic carbocycles. The molecule has 11 nitrogen and oxygen atoms in total. The number of hydrogen-bond donors (Lipinski definition) is 2. The van der Waals surface area contributed by atoms with Gasteiger partial charge in [0.15, 0.2) is 5.82 Å².